The Bertz CT molecular complexity index is 490. The van der Waals surface area contributed by atoms with Crippen molar-refractivity contribution in [2.45, 2.75) is 38.6 Å². The molecule has 1 saturated heterocycles. The molecule has 1 aliphatic rings. The van der Waals surface area contributed by atoms with Crippen LogP contribution in [-0.2, 0) is 4.79 Å². The van der Waals surface area contributed by atoms with Gasteiger partial charge < -0.3 is 16.2 Å². The summed E-state index contributed by atoms with van der Waals surface area (Å²) >= 11 is 0. The number of nitrogen functional groups attached to an aromatic ring is 1. The van der Waals surface area contributed by atoms with Gasteiger partial charge >= 0.3 is 0 Å². The van der Waals surface area contributed by atoms with Gasteiger partial charge in [0.15, 0.2) is 0 Å². The summed E-state index contributed by atoms with van der Waals surface area (Å²) in [5.41, 5.74) is 8.25. The second-order valence-electron chi connectivity index (χ2n) is 5.78. The Hall–Kier alpha value is -1.59. The molecule has 1 unspecified atom stereocenters. The van der Waals surface area contributed by atoms with Gasteiger partial charge in [0.25, 0.3) is 0 Å². The SMILES string of the molecule is Cc1ccc(NC(=O)CN2CCCCCC2CO)cc1N. The van der Waals surface area contributed by atoms with Gasteiger partial charge in [-0.2, -0.15) is 0 Å². The van der Waals surface area contributed by atoms with E-state index in [4.69, 9.17) is 5.73 Å². The third kappa shape index (κ3) is 4.44. The maximum Gasteiger partial charge on any atom is 0.238 e. The molecule has 1 amide bonds. The second kappa shape index (κ2) is 7.43. The molecule has 4 N–H and O–H groups in total. The summed E-state index contributed by atoms with van der Waals surface area (Å²) in [6, 6.07) is 5.63. The standard InChI is InChI=1S/C16H25N3O2/c1-12-6-7-13(9-15(12)17)18-16(21)10-19-8-4-2-3-5-14(19)11-20/h6-7,9,14,20H,2-5,8,10-11,17H2,1H3,(H,18,21). The minimum Gasteiger partial charge on any atom is -0.398 e. The van der Waals surface area contributed by atoms with Crippen LogP contribution in [0.5, 0.6) is 0 Å². The average Bonchev–Trinajstić information content (AvgIpc) is 2.68. The molecule has 0 spiro atoms. The number of nitrogens with zero attached hydrogens (tertiary/aromatic N) is 1. The summed E-state index contributed by atoms with van der Waals surface area (Å²) in [5, 5.41) is 12.3. The van der Waals surface area contributed by atoms with Gasteiger partial charge in [-0.1, -0.05) is 18.9 Å². The quantitative estimate of drug-likeness (QED) is 0.739. The Morgan fingerprint density at radius 2 is 2.24 bits per heavy atom. The Kier molecular flexibility index (Phi) is 5.59. The highest BCUT2D eigenvalue weighted by Crippen LogP contribution is 2.18. The number of aliphatic hydroxyl groups is 1. The number of carbonyl (C=O) groups is 1. The molecule has 0 aromatic heterocycles. The molecular weight excluding hydrogens is 266 g/mol. The first-order valence-electron chi connectivity index (χ1n) is 7.61. The van der Waals surface area contributed by atoms with Crippen LogP contribution in [0.2, 0.25) is 0 Å². The molecule has 5 heteroatoms. The van der Waals surface area contributed by atoms with Crippen LogP contribution in [0.4, 0.5) is 11.4 Å². The molecular formula is C16H25N3O2. The first-order chi connectivity index (χ1) is 10.1. The van der Waals surface area contributed by atoms with Crippen LogP contribution < -0.4 is 11.1 Å². The van der Waals surface area contributed by atoms with Gasteiger partial charge in [0.1, 0.15) is 0 Å². The van der Waals surface area contributed by atoms with Crippen molar-refractivity contribution in [1.29, 1.82) is 0 Å². The van der Waals surface area contributed by atoms with E-state index in [2.05, 4.69) is 10.2 Å². The molecule has 1 fully saturated rings. The topological polar surface area (TPSA) is 78.6 Å². The summed E-state index contributed by atoms with van der Waals surface area (Å²) < 4.78 is 0. The summed E-state index contributed by atoms with van der Waals surface area (Å²) in [6.45, 7) is 3.24. The molecule has 1 heterocycles. The van der Waals surface area contributed by atoms with Crippen LogP contribution in [0.1, 0.15) is 31.2 Å². The van der Waals surface area contributed by atoms with Crippen molar-refractivity contribution in [2.75, 3.05) is 30.7 Å². The third-order valence-corrected chi connectivity index (χ3v) is 4.12. The summed E-state index contributed by atoms with van der Waals surface area (Å²) in [4.78, 5) is 14.3. The van der Waals surface area contributed by atoms with E-state index in [1.54, 1.807) is 6.07 Å². The fraction of sp³-hybridized carbons (Fsp3) is 0.562. The van der Waals surface area contributed by atoms with Crippen molar-refractivity contribution in [3.63, 3.8) is 0 Å². The molecule has 116 valence electrons. The Morgan fingerprint density at radius 3 is 2.95 bits per heavy atom. The largest absolute Gasteiger partial charge is 0.398 e. The first-order valence-corrected chi connectivity index (χ1v) is 7.61. The van der Waals surface area contributed by atoms with Crippen molar-refractivity contribution >= 4 is 17.3 Å². The number of nitrogens with two attached hydrogens (primary N) is 1. The maximum atomic E-state index is 12.2. The number of benzene rings is 1. The Labute approximate surface area is 126 Å². The predicted molar refractivity (Wildman–Crippen MR) is 85.1 cm³/mol. The van der Waals surface area contributed by atoms with Crippen LogP contribution in [-0.4, -0.2) is 41.7 Å². The third-order valence-electron chi connectivity index (χ3n) is 4.12. The van der Waals surface area contributed by atoms with E-state index in [1.807, 2.05) is 19.1 Å². The number of rotatable bonds is 4. The van der Waals surface area contributed by atoms with E-state index in [-0.39, 0.29) is 18.6 Å². The van der Waals surface area contributed by atoms with Crippen molar-refractivity contribution in [3.05, 3.63) is 23.8 Å². The molecule has 0 saturated carbocycles. The number of hydrogen-bond donors (Lipinski definition) is 3. The zero-order valence-electron chi connectivity index (χ0n) is 12.6. The van der Waals surface area contributed by atoms with Crippen molar-refractivity contribution in [3.8, 4) is 0 Å². The fourth-order valence-electron chi connectivity index (χ4n) is 2.75. The first kappa shape index (κ1) is 15.8. The number of nitrogens with one attached hydrogen (secondary N) is 1. The maximum absolute atomic E-state index is 12.2. The second-order valence-corrected chi connectivity index (χ2v) is 5.78. The van der Waals surface area contributed by atoms with E-state index in [1.165, 1.54) is 6.42 Å². The molecule has 0 bridgehead atoms. The molecule has 5 nitrogen and oxygen atoms in total. The molecule has 0 aliphatic carbocycles. The van der Waals surface area contributed by atoms with Gasteiger partial charge in [-0.25, -0.2) is 0 Å². The zero-order chi connectivity index (χ0) is 15.2. The lowest BCUT2D eigenvalue weighted by atomic mass is 10.1. The van der Waals surface area contributed by atoms with Crippen LogP contribution in [0.25, 0.3) is 0 Å². The van der Waals surface area contributed by atoms with Crippen molar-refractivity contribution in [1.82, 2.24) is 4.90 Å². The molecule has 2 rings (SSSR count). The van der Waals surface area contributed by atoms with Gasteiger partial charge in [0, 0.05) is 17.4 Å². The number of carbonyl (C=O) groups excluding carboxylic acids is 1. The lowest BCUT2D eigenvalue weighted by Crippen LogP contribution is -2.42. The number of amides is 1. The van der Waals surface area contributed by atoms with Gasteiger partial charge in [-0.3, -0.25) is 9.69 Å². The molecule has 1 aromatic rings. The fourth-order valence-corrected chi connectivity index (χ4v) is 2.75. The summed E-state index contributed by atoms with van der Waals surface area (Å²) in [5.74, 6) is -0.0568. The zero-order valence-corrected chi connectivity index (χ0v) is 12.6. The number of aryl methyl sites for hydroxylation is 1. The average molecular weight is 291 g/mol. The van der Waals surface area contributed by atoms with Crippen LogP contribution in [0.3, 0.4) is 0 Å². The summed E-state index contributed by atoms with van der Waals surface area (Å²) in [6.07, 6.45) is 4.34. The van der Waals surface area contributed by atoms with Crippen LogP contribution >= 0.6 is 0 Å². The lowest BCUT2D eigenvalue weighted by molar-refractivity contribution is -0.118. The van der Waals surface area contributed by atoms with Gasteiger partial charge in [-0.05, 0) is 44.0 Å². The summed E-state index contributed by atoms with van der Waals surface area (Å²) in [7, 11) is 0. The minimum absolute atomic E-state index is 0.0568. The highest BCUT2D eigenvalue weighted by molar-refractivity contribution is 5.92. The predicted octanol–water partition coefficient (Wildman–Crippen LogP) is 1.75. The monoisotopic (exact) mass is 291 g/mol. The molecule has 1 aromatic carbocycles. The van der Waals surface area contributed by atoms with E-state index in [0.717, 1.165) is 37.1 Å². The van der Waals surface area contributed by atoms with Gasteiger partial charge in [0.05, 0.1) is 13.2 Å². The smallest absolute Gasteiger partial charge is 0.238 e. The normalized spacial score (nSPS) is 20.0. The molecule has 1 atom stereocenters. The van der Waals surface area contributed by atoms with E-state index < -0.39 is 0 Å². The number of hydrogen-bond acceptors (Lipinski definition) is 4. The Morgan fingerprint density at radius 1 is 1.43 bits per heavy atom. The van der Waals surface area contributed by atoms with E-state index >= 15 is 0 Å². The lowest BCUT2D eigenvalue weighted by Gasteiger charge is -2.27. The highest BCUT2D eigenvalue weighted by Gasteiger charge is 2.22. The molecule has 1 aliphatic heterocycles. The highest BCUT2D eigenvalue weighted by atomic mass is 16.3. The van der Waals surface area contributed by atoms with E-state index in [9.17, 15) is 9.90 Å². The van der Waals surface area contributed by atoms with Gasteiger partial charge in [-0.15, -0.1) is 0 Å². The van der Waals surface area contributed by atoms with Crippen molar-refractivity contribution < 1.29 is 9.90 Å². The van der Waals surface area contributed by atoms with Crippen LogP contribution in [0.15, 0.2) is 18.2 Å². The molecule has 0 radical (unpaired) electrons. The van der Waals surface area contributed by atoms with E-state index in [0.29, 0.717) is 12.2 Å². The van der Waals surface area contributed by atoms with Gasteiger partial charge in [0.2, 0.25) is 5.91 Å². The van der Waals surface area contributed by atoms with Crippen LogP contribution in [0, 0.1) is 6.92 Å². The Balaban J connectivity index is 1.94. The number of aliphatic hydroxyl groups excluding tert-OH is 1. The minimum atomic E-state index is -0.0568. The number of likely N-dealkylation sites (tertiary alicyclic amines) is 1. The molecule has 21 heavy (non-hydrogen) atoms. The van der Waals surface area contributed by atoms with Crippen molar-refractivity contribution in [2.24, 2.45) is 0 Å². The number of anilines is 2.